The molecule has 0 unspecified atom stereocenters. The van der Waals surface area contributed by atoms with Gasteiger partial charge in [-0.15, -0.1) is 0 Å². The lowest BCUT2D eigenvalue weighted by atomic mass is 10.0. The Labute approximate surface area is 138 Å². The molecule has 1 N–H and O–H groups in total. The largest absolute Gasteiger partial charge is 0.490 e. The van der Waals surface area contributed by atoms with Gasteiger partial charge in [0.25, 0.3) is 0 Å². The first-order valence-corrected chi connectivity index (χ1v) is 8.22. The van der Waals surface area contributed by atoms with E-state index in [1.54, 1.807) is 19.1 Å². The molecule has 5 heteroatoms. The lowest BCUT2D eigenvalue weighted by Crippen LogP contribution is -1.98. The molecule has 0 amide bonds. The molecule has 2 aromatic carbocycles. The van der Waals surface area contributed by atoms with E-state index in [4.69, 9.17) is 9.15 Å². The summed E-state index contributed by atoms with van der Waals surface area (Å²) in [5, 5.41) is 10.9. The zero-order valence-electron chi connectivity index (χ0n) is 13.7. The van der Waals surface area contributed by atoms with Crippen LogP contribution in [0, 0.1) is 11.6 Å². The number of furan rings is 1. The van der Waals surface area contributed by atoms with Crippen molar-refractivity contribution in [1.29, 1.82) is 0 Å². The molecule has 128 valence electrons. The van der Waals surface area contributed by atoms with Gasteiger partial charge in [-0.25, -0.2) is 4.39 Å². The van der Waals surface area contributed by atoms with Crippen LogP contribution < -0.4 is 4.74 Å². The lowest BCUT2D eigenvalue weighted by Gasteiger charge is -2.08. The second-order valence-corrected chi connectivity index (χ2v) is 5.83. The lowest BCUT2D eigenvalue weighted by molar-refractivity contribution is 0.169. The molecule has 0 fully saturated rings. The van der Waals surface area contributed by atoms with E-state index in [0.717, 1.165) is 12.8 Å². The summed E-state index contributed by atoms with van der Waals surface area (Å²) in [7, 11) is 0. The maximum absolute atomic E-state index is 14.6. The first kappa shape index (κ1) is 16.7. The number of rotatable bonds is 6. The molecule has 24 heavy (non-hydrogen) atoms. The van der Waals surface area contributed by atoms with E-state index in [2.05, 4.69) is 0 Å². The molecule has 3 nitrogen and oxygen atoms in total. The standard InChI is InChI=1S/C19H20F2O3/c1-3-5-10-23-15-9-8-12-11-6-7-13(14(22)4-2)16(20)18(11)24-19(12)17(15)21/h6-9,14,22H,3-5,10H2,1-2H3/t14-/m1/s1. The SMILES string of the molecule is CCCCOc1ccc2c(oc3c(F)c([C@H](O)CC)ccc32)c1F. The fraction of sp³-hybridized carbons (Fsp3) is 0.368. The van der Waals surface area contributed by atoms with Gasteiger partial charge in [0, 0.05) is 16.3 Å². The Morgan fingerprint density at radius 1 is 1.04 bits per heavy atom. The maximum atomic E-state index is 14.6. The molecule has 3 rings (SSSR count). The van der Waals surface area contributed by atoms with E-state index >= 15 is 0 Å². The predicted octanol–water partition coefficient (Wildman–Crippen LogP) is 5.49. The van der Waals surface area contributed by atoms with Gasteiger partial charge in [0.2, 0.25) is 5.82 Å². The number of ether oxygens (including phenoxy) is 1. The first-order valence-electron chi connectivity index (χ1n) is 8.22. The second kappa shape index (κ2) is 6.77. The van der Waals surface area contributed by atoms with Crippen molar-refractivity contribution in [2.45, 2.75) is 39.2 Å². The summed E-state index contributed by atoms with van der Waals surface area (Å²) in [4.78, 5) is 0. The van der Waals surface area contributed by atoms with Gasteiger partial charge >= 0.3 is 0 Å². The third kappa shape index (κ3) is 2.73. The molecule has 3 aromatic rings. The molecule has 1 heterocycles. The number of aliphatic hydroxyl groups is 1. The fourth-order valence-corrected chi connectivity index (χ4v) is 2.75. The van der Waals surface area contributed by atoms with Crippen molar-refractivity contribution in [3.8, 4) is 5.75 Å². The number of aliphatic hydroxyl groups excluding tert-OH is 1. The topological polar surface area (TPSA) is 42.6 Å². The first-order chi connectivity index (χ1) is 11.6. The van der Waals surface area contributed by atoms with Crippen molar-refractivity contribution < 1.29 is 23.0 Å². The minimum Gasteiger partial charge on any atom is -0.490 e. The number of hydrogen-bond donors (Lipinski definition) is 1. The van der Waals surface area contributed by atoms with Gasteiger partial charge in [-0.2, -0.15) is 4.39 Å². The Balaban J connectivity index is 2.12. The van der Waals surface area contributed by atoms with Gasteiger partial charge in [-0.3, -0.25) is 0 Å². The van der Waals surface area contributed by atoms with Crippen molar-refractivity contribution >= 4 is 21.9 Å². The van der Waals surface area contributed by atoms with E-state index in [1.165, 1.54) is 12.1 Å². The molecule has 0 spiro atoms. The van der Waals surface area contributed by atoms with Gasteiger partial charge in [0.15, 0.2) is 22.7 Å². The molecule has 1 aromatic heterocycles. The van der Waals surface area contributed by atoms with Gasteiger partial charge in [0.05, 0.1) is 12.7 Å². The van der Waals surface area contributed by atoms with E-state index in [9.17, 15) is 13.9 Å². The van der Waals surface area contributed by atoms with Crippen LogP contribution in [-0.2, 0) is 0 Å². The quantitative estimate of drug-likeness (QED) is 0.606. The van der Waals surface area contributed by atoms with Crippen LogP contribution in [0.5, 0.6) is 5.75 Å². The van der Waals surface area contributed by atoms with Crippen LogP contribution in [0.25, 0.3) is 21.9 Å². The smallest absolute Gasteiger partial charge is 0.208 e. The molecule has 0 aliphatic heterocycles. The third-order valence-electron chi connectivity index (χ3n) is 4.18. The molecule has 0 saturated heterocycles. The highest BCUT2D eigenvalue weighted by Gasteiger charge is 2.21. The van der Waals surface area contributed by atoms with Crippen molar-refractivity contribution in [3.05, 3.63) is 41.5 Å². The maximum Gasteiger partial charge on any atom is 0.208 e. The van der Waals surface area contributed by atoms with Crippen molar-refractivity contribution in [1.82, 2.24) is 0 Å². The monoisotopic (exact) mass is 334 g/mol. The third-order valence-corrected chi connectivity index (χ3v) is 4.18. The van der Waals surface area contributed by atoms with Crippen LogP contribution in [0.2, 0.25) is 0 Å². The summed E-state index contributed by atoms with van der Waals surface area (Å²) in [5.74, 6) is -1.17. The molecule has 1 atom stereocenters. The van der Waals surface area contributed by atoms with Gasteiger partial charge in [-0.1, -0.05) is 26.3 Å². The summed E-state index contributed by atoms with van der Waals surface area (Å²) in [6.45, 7) is 4.19. The predicted molar refractivity (Wildman–Crippen MR) is 89.3 cm³/mol. The summed E-state index contributed by atoms with van der Waals surface area (Å²) >= 11 is 0. The van der Waals surface area contributed by atoms with Crippen LogP contribution in [0.3, 0.4) is 0 Å². The van der Waals surface area contributed by atoms with Crippen molar-refractivity contribution in [2.75, 3.05) is 6.61 Å². The minimum atomic E-state index is -0.916. The summed E-state index contributed by atoms with van der Waals surface area (Å²) in [5.41, 5.74) is 0.0875. The summed E-state index contributed by atoms with van der Waals surface area (Å²) < 4.78 is 40.1. The zero-order valence-corrected chi connectivity index (χ0v) is 13.7. The number of halogens is 2. The fourth-order valence-electron chi connectivity index (χ4n) is 2.75. The summed E-state index contributed by atoms with van der Waals surface area (Å²) in [6.07, 6.45) is 1.24. The number of hydrogen-bond acceptors (Lipinski definition) is 3. The van der Waals surface area contributed by atoms with E-state index in [-0.39, 0.29) is 22.5 Å². The Kier molecular flexibility index (Phi) is 4.71. The van der Waals surface area contributed by atoms with Crippen LogP contribution in [0.15, 0.2) is 28.7 Å². The Hall–Kier alpha value is -2.14. The van der Waals surface area contributed by atoms with Gasteiger partial charge in [-0.05, 0) is 31.0 Å². The molecule has 0 saturated carbocycles. The second-order valence-electron chi connectivity index (χ2n) is 5.83. The van der Waals surface area contributed by atoms with Gasteiger partial charge < -0.3 is 14.3 Å². The number of unbranched alkanes of at least 4 members (excludes halogenated alkanes) is 1. The number of fused-ring (bicyclic) bond motifs is 3. The van der Waals surface area contributed by atoms with Crippen LogP contribution in [-0.4, -0.2) is 11.7 Å². The Morgan fingerprint density at radius 2 is 1.71 bits per heavy atom. The average Bonchev–Trinajstić information content (AvgIpc) is 2.97. The van der Waals surface area contributed by atoms with Crippen LogP contribution in [0.4, 0.5) is 8.78 Å². The highest BCUT2D eigenvalue weighted by molar-refractivity contribution is 6.05. The highest BCUT2D eigenvalue weighted by Crippen LogP contribution is 2.37. The highest BCUT2D eigenvalue weighted by atomic mass is 19.1. The Bertz CT molecular complexity index is 870. The Morgan fingerprint density at radius 3 is 2.38 bits per heavy atom. The number of benzene rings is 2. The molecule has 0 aliphatic rings. The molecule has 0 bridgehead atoms. The molecular formula is C19H20F2O3. The molecule has 0 aliphatic carbocycles. The average molecular weight is 334 g/mol. The van der Waals surface area contributed by atoms with Crippen LogP contribution in [0.1, 0.15) is 44.8 Å². The van der Waals surface area contributed by atoms with Crippen molar-refractivity contribution in [2.24, 2.45) is 0 Å². The normalized spacial score (nSPS) is 12.9. The van der Waals surface area contributed by atoms with Crippen LogP contribution >= 0.6 is 0 Å². The molecule has 0 radical (unpaired) electrons. The zero-order chi connectivity index (χ0) is 17.3. The minimum absolute atomic E-state index is 0.0268. The van der Waals surface area contributed by atoms with E-state index in [1.807, 2.05) is 6.92 Å². The van der Waals surface area contributed by atoms with Gasteiger partial charge in [0.1, 0.15) is 0 Å². The van der Waals surface area contributed by atoms with E-state index in [0.29, 0.717) is 23.8 Å². The summed E-state index contributed by atoms with van der Waals surface area (Å²) in [6, 6.07) is 6.37. The van der Waals surface area contributed by atoms with E-state index < -0.39 is 17.7 Å². The van der Waals surface area contributed by atoms with Crippen molar-refractivity contribution in [3.63, 3.8) is 0 Å². The molecular weight excluding hydrogens is 314 g/mol.